The molecule has 18 heteroatoms. The fraction of sp³-hybridized carbons (Fsp3) is 0. The van der Waals surface area contributed by atoms with Crippen molar-refractivity contribution in [2.24, 2.45) is 0 Å². The Morgan fingerprint density at radius 1 is 0.354 bits per heavy atom. The maximum Gasteiger partial charge on any atom is 0.244 e. The topological polar surface area (TPSA) is 181 Å². The molecule has 7 rings (SSSR count). The maximum absolute atomic E-state index is 15.3. The minimum Gasteiger partial charge on any atom is -0.253 e. The molecule has 12 nitrogen and oxygen atoms in total. The second kappa shape index (κ2) is 9.85. The normalized spacial score (nSPS) is 11.0. The lowest BCUT2D eigenvalue weighted by Gasteiger charge is -2.13. The number of hydrogen-bond donors (Lipinski definition) is 0. The highest BCUT2D eigenvalue weighted by atomic mass is 19.2. The minimum atomic E-state index is -1.76. The van der Waals surface area contributed by atoms with Crippen molar-refractivity contribution in [3.05, 3.63) is 80.0 Å². The number of fused-ring (bicyclic) bond motifs is 9. The van der Waals surface area contributed by atoms with Crippen LogP contribution in [0.15, 0.2) is 0 Å². The van der Waals surface area contributed by atoms with Crippen LogP contribution in [0.5, 0.6) is 0 Å². The zero-order valence-electron chi connectivity index (χ0n) is 22.6. The van der Waals surface area contributed by atoms with Gasteiger partial charge in [0.05, 0.1) is 41.9 Å². The summed E-state index contributed by atoms with van der Waals surface area (Å²) in [6.07, 6.45) is 0. The highest BCUT2D eigenvalue weighted by Gasteiger charge is 2.30. The number of aromatic nitrogens is 6. The van der Waals surface area contributed by atoms with Gasteiger partial charge in [0.2, 0.25) is 11.4 Å². The van der Waals surface area contributed by atoms with E-state index < -0.39 is 135 Å². The Morgan fingerprint density at radius 2 is 0.688 bits per heavy atom. The van der Waals surface area contributed by atoms with Crippen LogP contribution in [0.1, 0.15) is 22.3 Å². The summed E-state index contributed by atoms with van der Waals surface area (Å²) < 4.78 is 90.6. The first-order valence-corrected chi connectivity index (χ1v) is 12.6. The molecule has 4 aromatic carbocycles. The largest absolute Gasteiger partial charge is 0.253 e. The van der Waals surface area contributed by atoms with E-state index in [9.17, 15) is 34.2 Å². The predicted molar refractivity (Wildman–Crippen MR) is 149 cm³/mol. The number of nitrogens with zero attached hydrogens (tertiary/aromatic N) is 12. The third-order valence-corrected chi connectivity index (χ3v) is 7.30. The van der Waals surface area contributed by atoms with E-state index >= 15 is 13.2 Å². The SMILES string of the molecule is [C-]#[N+]c1c(F)c(F)c2nc3c(nc2c1C#N)c1nc2c(F)c(F)c(C#N)c(C#N)c2nc1c1nc2c(F)c(F)c(C#N)c([N+]#[C-])c2nc31. The molecule has 0 saturated carbocycles. The average Bonchev–Trinajstić information content (AvgIpc) is 3.10. The van der Waals surface area contributed by atoms with Crippen molar-refractivity contribution in [2.45, 2.75) is 0 Å². The summed E-state index contributed by atoms with van der Waals surface area (Å²) in [4.78, 5) is 30.6. The van der Waals surface area contributed by atoms with Gasteiger partial charge in [-0.3, -0.25) is 4.98 Å². The van der Waals surface area contributed by atoms with Crippen LogP contribution >= 0.6 is 0 Å². The monoisotopic (exact) mass is 642 g/mol. The fourth-order valence-corrected chi connectivity index (χ4v) is 5.21. The summed E-state index contributed by atoms with van der Waals surface area (Å²) >= 11 is 0. The van der Waals surface area contributed by atoms with Crippen LogP contribution in [-0.2, 0) is 0 Å². The third kappa shape index (κ3) is 3.43. The lowest BCUT2D eigenvalue weighted by Crippen LogP contribution is -2.05. The van der Waals surface area contributed by atoms with Crippen molar-refractivity contribution in [1.82, 2.24) is 29.9 Å². The maximum atomic E-state index is 15.3. The van der Waals surface area contributed by atoms with Crippen molar-refractivity contribution in [3.63, 3.8) is 0 Å². The van der Waals surface area contributed by atoms with Crippen LogP contribution in [0, 0.1) is 93.4 Å². The van der Waals surface area contributed by atoms with Crippen molar-refractivity contribution in [2.75, 3.05) is 0 Å². The van der Waals surface area contributed by atoms with E-state index in [1.807, 2.05) is 0 Å². The van der Waals surface area contributed by atoms with E-state index in [2.05, 4.69) is 39.6 Å². The molecule has 0 aliphatic rings. The van der Waals surface area contributed by atoms with Gasteiger partial charge in [-0.2, -0.15) is 21.0 Å². The van der Waals surface area contributed by atoms with E-state index in [0.29, 0.717) is 0 Å². The van der Waals surface area contributed by atoms with Crippen LogP contribution in [0.4, 0.5) is 37.7 Å². The Bertz CT molecular complexity index is 2690. The second-order valence-electron chi connectivity index (χ2n) is 9.61. The molecule has 48 heavy (non-hydrogen) atoms. The van der Waals surface area contributed by atoms with Crippen molar-refractivity contribution in [3.8, 4) is 24.3 Å². The van der Waals surface area contributed by atoms with Crippen LogP contribution in [-0.4, -0.2) is 29.9 Å². The number of hydrogen-bond acceptors (Lipinski definition) is 10. The molecule has 0 radical (unpaired) electrons. The van der Waals surface area contributed by atoms with Gasteiger partial charge in [0.1, 0.15) is 83.9 Å². The Kier molecular flexibility index (Phi) is 5.94. The molecule has 0 aliphatic heterocycles. The van der Waals surface area contributed by atoms with E-state index in [-0.39, 0.29) is 0 Å². The van der Waals surface area contributed by atoms with Crippen molar-refractivity contribution >= 4 is 77.6 Å². The number of halogens is 6. The van der Waals surface area contributed by atoms with Gasteiger partial charge in [-0.15, -0.1) is 0 Å². The highest BCUT2D eigenvalue weighted by Crippen LogP contribution is 2.40. The van der Waals surface area contributed by atoms with Gasteiger partial charge in [0.25, 0.3) is 0 Å². The molecule has 3 heterocycles. The van der Waals surface area contributed by atoms with Gasteiger partial charge in [0.15, 0.2) is 34.9 Å². The Balaban J connectivity index is 1.87. The zero-order chi connectivity index (χ0) is 34.3. The molecular weight excluding hydrogens is 642 g/mol. The molecule has 7 aromatic rings. The van der Waals surface area contributed by atoms with Gasteiger partial charge in [-0.1, -0.05) is 0 Å². The molecular formula is C30F6N12. The summed E-state index contributed by atoms with van der Waals surface area (Å²) in [6, 6.07) is 5.79. The summed E-state index contributed by atoms with van der Waals surface area (Å²) in [5.41, 5.74) is -13.6. The number of nitriles is 4. The smallest absolute Gasteiger partial charge is 0.244 e. The molecule has 0 aliphatic carbocycles. The molecule has 222 valence electrons. The lowest BCUT2D eigenvalue weighted by molar-refractivity contribution is 0.512. The van der Waals surface area contributed by atoms with Crippen LogP contribution in [0.25, 0.3) is 75.9 Å². The van der Waals surface area contributed by atoms with E-state index in [1.165, 1.54) is 18.2 Å². The van der Waals surface area contributed by atoms with Crippen LogP contribution < -0.4 is 0 Å². The van der Waals surface area contributed by atoms with Gasteiger partial charge in [-0.05, 0) is 0 Å². The quantitative estimate of drug-likeness (QED) is 0.0777. The van der Waals surface area contributed by atoms with E-state index in [4.69, 9.17) is 13.1 Å². The van der Waals surface area contributed by atoms with Crippen LogP contribution in [0.3, 0.4) is 0 Å². The van der Waals surface area contributed by atoms with E-state index in [1.54, 1.807) is 6.07 Å². The fourth-order valence-electron chi connectivity index (χ4n) is 5.21. The first-order chi connectivity index (χ1) is 23.1. The molecule has 0 fully saturated rings. The molecule has 0 N–H and O–H groups in total. The Hall–Kier alpha value is -7.80. The van der Waals surface area contributed by atoms with Crippen LogP contribution in [0.2, 0.25) is 0 Å². The predicted octanol–water partition coefficient (Wildman–Crippen LogP) is 6.40. The molecule has 0 unspecified atom stereocenters. The third-order valence-electron chi connectivity index (χ3n) is 7.30. The standard InChI is InChI=1S/C30F6N12/c1-41-17-10(6-40)20-22(16(36)15(17)35)46-28-26(44-20)27-25(43-19-8(4-38)7(3-37)11(31)13(33)21(19)45-27)29-30(28)48-24-18(42-2)9(5-39)12(32)14(34)23(24)47-29. The Labute approximate surface area is 259 Å². The minimum absolute atomic E-state index is 0.526. The van der Waals surface area contributed by atoms with Gasteiger partial charge in [-0.25, -0.2) is 61.0 Å². The second-order valence-corrected chi connectivity index (χ2v) is 9.61. The zero-order valence-corrected chi connectivity index (χ0v) is 22.6. The van der Waals surface area contributed by atoms with Gasteiger partial charge in [0, 0.05) is 0 Å². The number of benzene rings is 4. The summed E-state index contributed by atoms with van der Waals surface area (Å²) in [5.74, 6) is -10.5. The lowest BCUT2D eigenvalue weighted by atomic mass is 10.0. The summed E-state index contributed by atoms with van der Waals surface area (Å²) in [7, 11) is 0. The van der Waals surface area contributed by atoms with Gasteiger partial charge >= 0.3 is 0 Å². The highest BCUT2D eigenvalue weighted by molar-refractivity contribution is 6.21. The molecule has 0 amide bonds. The summed E-state index contributed by atoms with van der Waals surface area (Å²) in [6.45, 7) is 14.7. The molecule has 0 spiro atoms. The Morgan fingerprint density at radius 3 is 1.10 bits per heavy atom. The number of rotatable bonds is 0. The summed E-state index contributed by atoms with van der Waals surface area (Å²) in [5, 5.41) is 38.3. The molecule has 0 saturated heterocycles. The molecule has 3 aromatic heterocycles. The van der Waals surface area contributed by atoms with Crippen molar-refractivity contribution in [1.29, 1.82) is 21.0 Å². The molecule has 0 bridgehead atoms. The average molecular weight is 642 g/mol. The first-order valence-electron chi connectivity index (χ1n) is 12.6. The van der Waals surface area contributed by atoms with Gasteiger partial charge < -0.3 is 0 Å². The first kappa shape index (κ1) is 28.9. The van der Waals surface area contributed by atoms with Crippen molar-refractivity contribution < 1.29 is 26.3 Å². The van der Waals surface area contributed by atoms with E-state index in [0.717, 1.165) is 0 Å². The molecule has 0 atom stereocenters.